The molecule has 1 aliphatic rings. The van der Waals surface area contributed by atoms with E-state index >= 15 is 0 Å². The first-order valence-corrected chi connectivity index (χ1v) is 9.55. The van der Waals surface area contributed by atoms with Gasteiger partial charge in [0.15, 0.2) is 0 Å². The predicted octanol–water partition coefficient (Wildman–Crippen LogP) is 2.13. The smallest absolute Gasteiger partial charge is 0.329 e. The van der Waals surface area contributed by atoms with E-state index in [9.17, 15) is 18.5 Å². The molecular formula is C15H18N6O4S. The number of primary sulfonamides is 1. The van der Waals surface area contributed by atoms with Gasteiger partial charge in [0.25, 0.3) is 0 Å². The summed E-state index contributed by atoms with van der Waals surface area (Å²) in [5, 5.41) is 22.3. The summed E-state index contributed by atoms with van der Waals surface area (Å²) in [6, 6.07) is 5.87. The number of aromatic nitrogens is 2. The molecular weight excluding hydrogens is 360 g/mol. The topological polar surface area (TPSA) is 153 Å². The number of hydrogen-bond acceptors (Lipinski definition) is 8. The van der Waals surface area contributed by atoms with Crippen LogP contribution >= 0.6 is 0 Å². The van der Waals surface area contributed by atoms with Gasteiger partial charge >= 0.3 is 5.69 Å². The van der Waals surface area contributed by atoms with Gasteiger partial charge in [0.1, 0.15) is 6.20 Å². The lowest BCUT2D eigenvalue weighted by Gasteiger charge is -2.13. The van der Waals surface area contributed by atoms with Crippen LogP contribution in [0.15, 0.2) is 35.4 Å². The van der Waals surface area contributed by atoms with Crippen molar-refractivity contribution < 1.29 is 13.3 Å². The number of benzene rings is 1. The van der Waals surface area contributed by atoms with E-state index in [1.54, 1.807) is 0 Å². The second-order valence-electron chi connectivity index (χ2n) is 6.00. The van der Waals surface area contributed by atoms with Crippen molar-refractivity contribution in [1.82, 2.24) is 9.97 Å². The van der Waals surface area contributed by atoms with E-state index in [1.165, 1.54) is 24.3 Å². The highest BCUT2D eigenvalue weighted by molar-refractivity contribution is 7.89. The maximum Gasteiger partial charge on any atom is 0.329 e. The van der Waals surface area contributed by atoms with Crippen LogP contribution in [0.4, 0.5) is 23.1 Å². The summed E-state index contributed by atoms with van der Waals surface area (Å²) in [5.41, 5.74) is 0.338. The molecule has 10 nitrogen and oxygen atoms in total. The predicted molar refractivity (Wildman–Crippen MR) is 95.7 cm³/mol. The first-order valence-electron chi connectivity index (χ1n) is 8.01. The molecule has 3 rings (SSSR count). The molecule has 0 radical (unpaired) electrons. The Morgan fingerprint density at radius 3 is 2.42 bits per heavy atom. The van der Waals surface area contributed by atoms with Crippen molar-refractivity contribution in [3.63, 3.8) is 0 Å². The molecule has 4 N–H and O–H groups in total. The molecule has 11 heteroatoms. The van der Waals surface area contributed by atoms with Crippen LogP contribution in [0.1, 0.15) is 25.7 Å². The first-order chi connectivity index (χ1) is 12.3. The zero-order valence-corrected chi connectivity index (χ0v) is 14.6. The van der Waals surface area contributed by atoms with E-state index in [0.717, 1.165) is 31.9 Å². The number of hydrogen-bond donors (Lipinski definition) is 3. The quantitative estimate of drug-likeness (QED) is 0.510. The minimum absolute atomic E-state index is 0.0174. The Balaban J connectivity index is 1.82. The van der Waals surface area contributed by atoms with E-state index in [-0.39, 0.29) is 28.4 Å². The Morgan fingerprint density at radius 2 is 1.85 bits per heavy atom. The average molecular weight is 378 g/mol. The summed E-state index contributed by atoms with van der Waals surface area (Å²) in [6.07, 6.45) is 5.19. The number of sulfonamides is 1. The third-order valence-electron chi connectivity index (χ3n) is 4.10. The molecule has 1 fully saturated rings. The van der Waals surface area contributed by atoms with E-state index in [1.807, 2.05) is 0 Å². The standard InChI is InChI=1S/C15H18N6O4S/c16-26(24,25)12-7-5-11(6-8-12)19-15-17-9-13(21(22)23)14(20-15)18-10-3-1-2-4-10/h5-10H,1-4H2,(H2,16,24,25)(H2,17,18,19,20). The molecule has 0 amide bonds. The van der Waals surface area contributed by atoms with Crippen LogP contribution in [-0.4, -0.2) is 29.4 Å². The third kappa shape index (κ3) is 4.24. The van der Waals surface area contributed by atoms with Crippen LogP contribution in [0.25, 0.3) is 0 Å². The van der Waals surface area contributed by atoms with Gasteiger partial charge < -0.3 is 10.6 Å². The fourth-order valence-corrected chi connectivity index (χ4v) is 3.31. The van der Waals surface area contributed by atoms with Crippen molar-refractivity contribution in [2.75, 3.05) is 10.6 Å². The van der Waals surface area contributed by atoms with Crippen molar-refractivity contribution in [2.24, 2.45) is 5.14 Å². The Kier molecular flexibility index (Phi) is 5.00. The summed E-state index contributed by atoms with van der Waals surface area (Å²) in [4.78, 5) is 18.8. The molecule has 0 unspecified atom stereocenters. The molecule has 1 aliphatic carbocycles. The maximum atomic E-state index is 11.3. The lowest BCUT2D eigenvalue weighted by atomic mass is 10.2. The van der Waals surface area contributed by atoms with Gasteiger partial charge in [0.05, 0.1) is 9.82 Å². The summed E-state index contributed by atoms with van der Waals surface area (Å²) >= 11 is 0. The Morgan fingerprint density at radius 1 is 1.19 bits per heavy atom. The molecule has 2 aromatic rings. The van der Waals surface area contributed by atoms with Crippen LogP contribution in [0.3, 0.4) is 0 Å². The van der Waals surface area contributed by atoms with Crippen molar-refractivity contribution in [2.45, 2.75) is 36.6 Å². The van der Waals surface area contributed by atoms with Crippen LogP contribution in [-0.2, 0) is 10.0 Å². The second-order valence-corrected chi connectivity index (χ2v) is 7.57. The van der Waals surface area contributed by atoms with Gasteiger partial charge in [-0.2, -0.15) is 4.98 Å². The summed E-state index contributed by atoms with van der Waals surface area (Å²) in [5.74, 6) is 0.333. The molecule has 26 heavy (non-hydrogen) atoms. The zero-order valence-electron chi connectivity index (χ0n) is 13.8. The Labute approximate surface area is 150 Å². The van der Waals surface area contributed by atoms with E-state index in [4.69, 9.17) is 5.14 Å². The largest absolute Gasteiger partial charge is 0.361 e. The maximum absolute atomic E-state index is 11.3. The number of anilines is 3. The fourth-order valence-electron chi connectivity index (χ4n) is 2.80. The molecule has 0 aliphatic heterocycles. The molecule has 0 spiro atoms. The number of nitro groups is 1. The molecule has 0 saturated heterocycles. The number of nitrogens with zero attached hydrogens (tertiary/aromatic N) is 3. The highest BCUT2D eigenvalue weighted by atomic mass is 32.2. The minimum Gasteiger partial charge on any atom is -0.361 e. The van der Waals surface area contributed by atoms with Gasteiger partial charge in [-0.15, -0.1) is 0 Å². The van der Waals surface area contributed by atoms with E-state index in [2.05, 4.69) is 20.6 Å². The molecule has 1 aromatic carbocycles. The van der Waals surface area contributed by atoms with Crippen LogP contribution in [0, 0.1) is 10.1 Å². The van der Waals surface area contributed by atoms with Crippen molar-refractivity contribution >= 4 is 33.2 Å². The molecule has 1 aromatic heterocycles. The van der Waals surface area contributed by atoms with Gasteiger partial charge in [0.2, 0.25) is 21.8 Å². The van der Waals surface area contributed by atoms with Gasteiger partial charge in [0, 0.05) is 11.7 Å². The van der Waals surface area contributed by atoms with Crippen LogP contribution in [0.2, 0.25) is 0 Å². The number of rotatable bonds is 6. The molecule has 138 valence electrons. The first kappa shape index (κ1) is 18.0. The molecule has 1 heterocycles. The van der Waals surface area contributed by atoms with Gasteiger partial charge in [-0.25, -0.2) is 18.5 Å². The third-order valence-corrected chi connectivity index (χ3v) is 5.03. The van der Waals surface area contributed by atoms with Crippen molar-refractivity contribution in [1.29, 1.82) is 0 Å². The van der Waals surface area contributed by atoms with Gasteiger partial charge in [-0.1, -0.05) is 12.8 Å². The number of nitrogens with one attached hydrogen (secondary N) is 2. The highest BCUT2D eigenvalue weighted by Crippen LogP contribution is 2.28. The Hall–Kier alpha value is -2.79. The fraction of sp³-hybridized carbons (Fsp3) is 0.333. The lowest BCUT2D eigenvalue weighted by Crippen LogP contribution is -2.17. The van der Waals surface area contributed by atoms with Crippen LogP contribution in [0.5, 0.6) is 0 Å². The van der Waals surface area contributed by atoms with Gasteiger partial charge in [-0.3, -0.25) is 10.1 Å². The monoisotopic (exact) mass is 378 g/mol. The van der Waals surface area contributed by atoms with Crippen molar-refractivity contribution in [3.8, 4) is 0 Å². The SMILES string of the molecule is NS(=O)(=O)c1ccc(Nc2ncc([N+](=O)[O-])c(NC3CCCC3)n2)cc1. The highest BCUT2D eigenvalue weighted by Gasteiger charge is 2.22. The van der Waals surface area contributed by atoms with E-state index in [0.29, 0.717) is 5.69 Å². The van der Waals surface area contributed by atoms with Crippen molar-refractivity contribution in [3.05, 3.63) is 40.6 Å². The van der Waals surface area contributed by atoms with Gasteiger partial charge in [-0.05, 0) is 37.1 Å². The average Bonchev–Trinajstić information content (AvgIpc) is 3.07. The minimum atomic E-state index is -3.77. The Bertz CT molecular complexity index is 910. The second kappa shape index (κ2) is 7.22. The van der Waals surface area contributed by atoms with Crippen LogP contribution < -0.4 is 15.8 Å². The molecule has 0 atom stereocenters. The summed E-state index contributed by atoms with van der Waals surface area (Å²) in [6.45, 7) is 0. The number of nitrogens with two attached hydrogens (primary N) is 1. The molecule has 0 bridgehead atoms. The normalized spacial score (nSPS) is 15.0. The summed E-state index contributed by atoms with van der Waals surface area (Å²) < 4.78 is 22.5. The van der Waals surface area contributed by atoms with E-state index < -0.39 is 14.9 Å². The summed E-state index contributed by atoms with van der Waals surface area (Å²) in [7, 11) is -3.77. The molecule has 1 saturated carbocycles. The lowest BCUT2D eigenvalue weighted by molar-refractivity contribution is -0.384. The zero-order chi connectivity index (χ0) is 18.7.